The Kier molecular flexibility index (Phi) is 7.94. The van der Waals surface area contributed by atoms with E-state index in [4.69, 9.17) is 4.55 Å². The van der Waals surface area contributed by atoms with Crippen molar-refractivity contribution < 1.29 is 17.8 Å². The fourth-order valence-corrected chi connectivity index (χ4v) is 4.40. The van der Waals surface area contributed by atoms with Crippen molar-refractivity contribution >= 4 is 83.8 Å². The molecule has 0 fully saturated rings. The standard InChI is InChI=1S/C11H12I3NO4S/c12-7-5-8(10(14)9(13)6-7)11(16)15-3-1-2-4-20(17,18)19/h5-6H,1-4H2,(H,15,16)(H,17,18,19). The maximum Gasteiger partial charge on any atom is 0.264 e. The molecule has 9 heteroatoms. The van der Waals surface area contributed by atoms with E-state index in [0.29, 0.717) is 24.9 Å². The molecule has 2 N–H and O–H groups in total. The smallest absolute Gasteiger partial charge is 0.264 e. The average Bonchev–Trinajstić information content (AvgIpc) is 2.31. The van der Waals surface area contributed by atoms with Crippen LogP contribution in [-0.2, 0) is 10.1 Å². The first-order valence-corrected chi connectivity index (χ1v) is 10.4. The molecule has 0 saturated carbocycles. The molecule has 0 unspecified atom stereocenters. The maximum absolute atomic E-state index is 12.0. The molecule has 0 aliphatic rings. The third-order valence-electron chi connectivity index (χ3n) is 2.35. The number of halogens is 3. The summed E-state index contributed by atoms with van der Waals surface area (Å²) in [5.74, 6) is -0.445. The fraction of sp³-hybridized carbons (Fsp3) is 0.364. The van der Waals surface area contributed by atoms with Gasteiger partial charge in [0.15, 0.2) is 0 Å². The molecule has 112 valence electrons. The topological polar surface area (TPSA) is 83.5 Å². The Morgan fingerprint density at radius 2 is 1.85 bits per heavy atom. The van der Waals surface area contributed by atoms with E-state index < -0.39 is 10.1 Å². The summed E-state index contributed by atoms with van der Waals surface area (Å²) >= 11 is 6.47. The van der Waals surface area contributed by atoms with Gasteiger partial charge >= 0.3 is 0 Å². The molecule has 1 rings (SSSR count). The van der Waals surface area contributed by atoms with Crippen molar-refractivity contribution in [3.63, 3.8) is 0 Å². The molecule has 0 bridgehead atoms. The number of benzene rings is 1. The summed E-state index contributed by atoms with van der Waals surface area (Å²) in [6, 6.07) is 3.81. The Morgan fingerprint density at radius 3 is 2.45 bits per heavy atom. The van der Waals surface area contributed by atoms with E-state index in [2.05, 4.69) is 73.1 Å². The first-order chi connectivity index (χ1) is 9.20. The van der Waals surface area contributed by atoms with E-state index in [1.807, 2.05) is 12.1 Å². The lowest BCUT2D eigenvalue weighted by atomic mass is 10.2. The first-order valence-electron chi connectivity index (χ1n) is 5.58. The van der Waals surface area contributed by atoms with Crippen LogP contribution in [0.4, 0.5) is 0 Å². The summed E-state index contributed by atoms with van der Waals surface area (Å²) in [7, 11) is -3.91. The van der Waals surface area contributed by atoms with Crippen LogP contribution in [0.1, 0.15) is 23.2 Å². The van der Waals surface area contributed by atoms with Crippen LogP contribution in [-0.4, -0.2) is 31.2 Å². The van der Waals surface area contributed by atoms with Crippen molar-refractivity contribution in [3.05, 3.63) is 28.4 Å². The third kappa shape index (κ3) is 6.70. The molecule has 20 heavy (non-hydrogen) atoms. The molecule has 0 aliphatic heterocycles. The van der Waals surface area contributed by atoms with Gasteiger partial charge in [0.2, 0.25) is 0 Å². The zero-order chi connectivity index (χ0) is 15.3. The Morgan fingerprint density at radius 1 is 1.20 bits per heavy atom. The highest BCUT2D eigenvalue weighted by atomic mass is 127. The lowest BCUT2D eigenvalue weighted by molar-refractivity contribution is 0.0952. The van der Waals surface area contributed by atoms with Crippen molar-refractivity contribution in [3.8, 4) is 0 Å². The monoisotopic (exact) mass is 635 g/mol. The summed E-state index contributed by atoms with van der Waals surface area (Å²) in [6.07, 6.45) is 0.823. The van der Waals surface area contributed by atoms with Gasteiger partial charge in [-0.1, -0.05) is 0 Å². The van der Waals surface area contributed by atoms with Gasteiger partial charge in [-0.15, -0.1) is 0 Å². The van der Waals surface area contributed by atoms with Crippen molar-refractivity contribution in [2.45, 2.75) is 12.8 Å². The largest absolute Gasteiger partial charge is 0.352 e. The molecule has 0 heterocycles. The number of carbonyl (C=O) groups is 1. The molecule has 0 radical (unpaired) electrons. The van der Waals surface area contributed by atoms with Crippen LogP contribution in [0.3, 0.4) is 0 Å². The van der Waals surface area contributed by atoms with E-state index >= 15 is 0 Å². The van der Waals surface area contributed by atoms with Crippen LogP contribution in [0.5, 0.6) is 0 Å². The number of rotatable bonds is 6. The van der Waals surface area contributed by atoms with Gasteiger partial charge in [0.25, 0.3) is 16.0 Å². The molecule has 0 spiro atoms. The second kappa shape index (κ2) is 8.43. The molecule has 0 saturated heterocycles. The van der Waals surface area contributed by atoms with Crippen LogP contribution >= 0.6 is 67.8 Å². The highest BCUT2D eigenvalue weighted by molar-refractivity contribution is 14.1. The van der Waals surface area contributed by atoms with E-state index in [-0.39, 0.29) is 11.7 Å². The van der Waals surface area contributed by atoms with Gasteiger partial charge in [-0.05, 0) is 92.7 Å². The van der Waals surface area contributed by atoms with E-state index in [9.17, 15) is 13.2 Å². The van der Waals surface area contributed by atoms with Crippen LogP contribution < -0.4 is 5.32 Å². The predicted molar refractivity (Wildman–Crippen MR) is 103 cm³/mol. The molecule has 0 aliphatic carbocycles. The number of hydrogen-bond acceptors (Lipinski definition) is 3. The minimum absolute atomic E-state index is 0.169. The second-order valence-electron chi connectivity index (χ2n) is 4.00. The zero-order valence-electron chi connectivity index (χ0n) is 10.2. The van der Waals surface area contributed by atoms with Crippen LogP contribution in [0.2, 0.25) is 0 Å². The van der Waals surface area contributed by atoms with Gasteiger partial charge in [-0.3, -0.25) is 9.35 Å². The van der Waals surface area contributed by atoms with E-state index in [1.165, 1.54) is 0 Å². The van der Waals surface area contributed by atoms with Crippen molar-refractivity contribution in [1.29, 1.82) is 0 Å². The molecular weight excluding hydrogens is 623 g/mol. The molecule has 1 aromatic rings. The second-order valence-corrected chi connectivity index (χ2v) is 9.06. The minimum Gasteiger partial charge on any atom is -0.352 e. The van der Waals surface area contributed by atoms with Crippen molar-refractivity contribution in [1.82, 2.24) is 5.32 Å². The minimum atomic E-state index is -3.91. The molecule has 5 nitrogen and oxygen atoms in total. The summed E-state index contributed by atoms with van der Waals surface area (Å²) in [5, 5.41) is 2.75. The summed E-state index contributed by atoms with van der Waals surface area (Å²) in [6.45, 7) is 0.381. The van der Waals surface area contributed by atoms with Gasteiger partial charge in [0.1, 0.15) is 0 Å². The Bertz CT molecular complexity index is 604. The quantitative estimate of drug-likeness (QED) is 0.218. The first kappa shape index (κ1) is 18.8. The highest BCUT2D eigenvalue weighted by Crippen LogP contribution is 2.22. The molecule has 1 aromatic carbocycles. The molecular formula is C11H12I3NO4S. The lowest BCUT2D eigenvalue weighted by Crippen LogP contribution is -2.26. The van der Waals surface area contributed by atoms with Gasteiger partial charge in [0, 0.05) is 17.3 Å². The van der Waals surface area contributed by atoms with Crippen molar-refractivity contribution in [2.75, 3.05) is 12.3 Å². The summed E-state index contributed by atoms with van der Waals surface area (Å²) < 4.78 is 32.6. The SMILES string of the molecule is O=C(NCCCCS(=O)(=O)O)c1cc(I)cc(I)c1I. The van der Waals surface area contributed by atoms with Gasteiger partial charge in [-0.2, -0.15) is 8.42 Å². The fourth-order valence-electron chi connectivity index (χ4n) is 1.43. The highest BCUT2D eigenvalue weighted by Gasteiger charge is 2.13. The predicted octanol–water partition coefficient (Wildman–Crippen LogP) is 2.90. The van der Waals surface area contributed by atoms with Crippen LogP contribution in [0.15, 0.2) is 12.1 Å². The number of carbonyl (C=O) groups excluding carboxylic acids is 1. The number of nitrogens with one attached hydrogen (secondary N) is 1. The summed E-state index contributed by atoms with van der Waals surface area (Å²) in [4.78, 5) is 12.0. The maximum atomic E-state index is 12.0. The van der Waals surface area contributed by atoms with Gasteiger partial charge < -0.3 is 5.32 Å². The van der Waals surface area contributed by atoms with Crippen molar-refractivity contribution in [2.24, 2.45) is 0 Å². The van der Waals surface area contributed by atoms with Crippen LogP contribution in [0.25, 0.3) is 0 Å². The van der Waals surface area contributed by atoms with E-state index in [1.54, 1.807) is 0 Å². The number of unbranched alkanes of at least 4 members (excludes halogenated alkanes) is 1. The molecule has 0 aromatic heterocycles. The Balaban J connectivity index is 2.52. The van der Waals surface area contributed by atoms with Gasteiger partial charge in [-0.25, -0.2) is 0 Å². The molecule has 1 amide bonds. The van der Waals surface area contributed by atoms with E-state index in [0.717, 1.165) is 10.7 Å². The van der Waals surface area contributed by atoms with Crippen LogP contribution in [0, 0.1) is 10.7 Å². The average molecular weight is 635 g/mol. The Labute approximate surface area is 158 Å². The Hall–Kier alpha value is 0.790. The molecule has 0 atom stereocenters. The summed E-state index contributed by atoms with van der Waals surface area (Å²) in [5.41, 5.74) is 0.622. The number of hydrogen-bond donors (Lipinski definition) is 2. The lowest BCUT2D eigenvalue weighted by Gasteiger charge is -2.08. The number of amides is 1. The zero-order valence-corrected chi connectivity index (χ0v) is 17.5. The van der Waals surface area contributed by atoms with Gasteiger partial charge in [0.05, 0.1) is 11.3 Å². The normalized spacial score (nSPS) is 11.4. The third-order valence-corrected chi connectivity index (χ3v) is 6.82.